The van der Waals surface area contributed by atoms with E-state index in [1.807, 2.05) is 43.3 Å². The number of hydrogen-bond donors (Lipinski definition) is 1. The van der Waals surface area contributed by atoms with Gasteiger partial charge in [0.1, 0.15) is 17.8 Å². The van der Waals surface area contributed by atoms with Crippen LogP contribution in [0.15, 0.2) is 30.9 Å². The van der Waals surface area contributed by atoms with E-state index in [1.165, 1.54) is 0 Å². The standard InChI is InChI=1S/C21H29N7O2S/c1-26-8-6-19(25-26)16-4-9-28(10-5-16)31(29,30)13-15-11-17(12-15)27(2)21-18-3-7-22-20(18)23-14-24-21/h3,6-8,14-17H,4-5,9-13H2,1-2H3,(H,22,23,24). The van der Waals surface area contributed by atoms with Crippen molar-refractivity contribution in [2.24, 2.45) is 13.0 Å². The summed E-state index contributed by atoms with van der Waals surface area (Å²) in [5, 5.41) is 5.49. The van der Waals surface area contributed by atoms with Gasteiger partial charge in [0.05, 0.1) is 16.8 Å². The molecule has 1 N–H and O–H groups in total. The molecule has 0 unspecified atom stereocenters. The number of nitrogens with one attached hydrogen (secondary N) is 1. The van der Waals surface area contributed by atoms with E-state index in [4.69, 9.17) is 0 Å². The lowest BCUT2D eigenvalue weighted by Gasteiger charge is -2.42. The molecular weight excluding hydrogens is 414 g/mol. The first kappa shape index (κ1) is 20.4. The Balaban J connectivity index is 1.15. The zero-order valence-corrected chi connectivity index (χ0v) is 18.8. The van der Waals surface area contributed by atoms with Crippen molar-refractivity contribution in [1.82, 2.24) is 29.0 Å². The average molecular weight is 444 g/mol. The van der Waals surface area contributed by atoms with Crippen molar-refractivity contribution in [3.05, 3.63) is 36.5 Å². The Morgan fingerprint density at radius 3 is 2.68 bits per heavy atom. The van der Waals surface area contributed by atoms with Crippen LogP contribution in [0.5, 0.6) is 0 Å². The number of piperidine rings is 1. The van der Waals surface area contributed by atoms with Gasteiger partial charge in [-0.25, -0.2) is 22.7 Å². The first-order chi connectivity index (χ1) is 14.9. The smallest absolute Gasteiger partial charge is 0.214 e. The predicted octanol–water partition coefficient (Wildman–Crippen LogP) is 2.12. The summed E-state index contributed by atoms with van der Waals surface area (Å²) in [5.74, 6) is 1.70. The van der Waals surface area contributed by atoms with Crippen molar-refractivity contribution in [3.8, 4) is 0 Å². The second-order valence-corrected chi connectivity index (χ2v) is 10.9. The number of fused-ring (bicyclic) bond motifs is 1. The van der Waals surface area contributed by atoms with Gasteiger partial charge < -0.3 is 9.88 Å². The number of anilines is 1. The minimum absolute atomic E-state index is 0.203. The molecule has 0 spiro atoms. The van der Waals surface area contributed by atoms with Crippen LogP contribution >= 0.6 is 0 Å². The Morgan fingerprint density at radius 2 is 1.97 bits per heavy atom. The van der Waals surface area contributed by atoms with Gasteiger partial charge in [-0.1, -0.05) is 0 Å². The Morgan fingerprint density at radius 1 is 1.19 bits per heavy atom. The molecule has 4 heterocycles. The molecule has 2 aliphatic rings. The number of nitrogens with zero attached hydrogens (tertiary/aromatic N) is 6. The summed E-state index contributed by atoms with van der Waals surface area (Å²) >= 11 is 0. The Bertz CT molecular complexity index is 1160. The van der Waals surface area contributed by atoms with Crippen LogP contribution in [0.2, 0.25) is 0 Å². The topological polar surface area (TPSA) is 100 Å². The van der Waals surface area contributed by atoms with Crippen molar-refractivity contribution < 1.29 is 8.42 Å². The van der Waals surface area contributed by atoms with E-state index in [0.29, 0.717) is 25.0 Å². The molecule has 5 rings (SSSR count). The van der Waals surface area contributed by atoms with Gasteiger partial charge >= 0.3 is 0 Å². The lowest BCUT2D eigenvalue weighted by Crippen LogP contribution is -2.48. The molecular formula is C21H29N7O2S. The third-order valence-electron chi connectivity index (χ3n) is 6.87. The normalized spacial score (nSPS) is 23.2. The molecule has 2 fully saturated rings. The van der Waals surface area contributed by atoms with Gasteiger partial charge in [-0.05, 0) is 43.7 Å². The van der Waals surface area contributed by atoms with Crippen LogP contribution < -0.4 is 4.90 Å². The molecule has 3 aromatic rings. The van der Waals surface area contributed by atoms with Crippen molar-refractivity contribution in [3.63, 3.8) is 0 Å². The van der Waals surface area contributed by atoms with Crippen LogP contribution in [-0.2, 0) is 17.1 Å². The zero-order chi connectivity index (χ0) is 21.6. The molecule has 0 aromatic carbocycles. The van der Waals surface area contributed by atoms with E-state index in [1.54, 1.807) is 10.6 Å². The fourth-order valence-electron chi connectivity index (χ4n) is 4.95. The highest BCUT2D eigenvalue weighted by molar-refractivity contribution is 7.89. The average Bonchev–Trinajstić information content (AvgIpc) is 3.38. The molecule has 10 heteroatoms. The Hall–Kier alpha value is -2.46. The lowest BCUT2D eigenvalue weighted by atomic mass is 9.81. The first-order valence-electron chi connectivity index (χ1n) is 10.9. The second-order valence-electron chi connectivity index (χ2n) is 8.91. The number of aromatic nitrogens is 5. The summed E-state index contributed by atoms with van der Waals surface area (Å²) in [6.07, 6.45) is 8.81. The van der Waals surface area contributed by atoms with E-state index in [0.717, 1.165) is 48.2 Å². The molecule has 0 amide bonds. The maximum absolute atomic E-state index is 13.0. The Labute approximate surface area is 182 Å². The molecule has 166 valence electrons. The van der Waals surface area contributed by atoms with E-state index in [9.17, 15) is 8.42 Å². The van der Waals surface area contributed by atoms with E-state index in [2.05, 4.69) is 25.0 Å². The van der Waals surface area contributed by atoms with Crippen LogP contribution in [0.4, 0.5) is 5.82 Å². The third-order valence-corrected chi connectivity index (χ3v) is 8.92. The molecule has 1 saturated carbocycles. The number of aromatic amines is 1. The van der Waals surface area contributed by atoms with Gasteiger partial charge in [0.2, 0.25) is 10.0 Å². The number of aryl methyl sites for hydroxylation is 1. The molecule has 0 radical (unpaired) electrons. The number of rotatable bonds is 6. The summed E-state index contributed by atoms with van der Waals surface area (Å²) in [4.78, 5) is 14.0. The molecule has 3 aromatic heterocycles. The fourth-order valence-corrected chi connectivity index (χ4v) is 6.80. The van der Waals surface area contributed by atoms with Crippen LogP contribution in [0.1, 0.15) is 37.3 Å². The Kier molecular flexibility index (Phi) is 5.21. The van der Waals surface area contributed by atoms with Crippen LogP contribution in [0.3, 0.4) is 0 Å². The molecule has 1 aliphatic carbocycles. The van der Waals surface area contributed by atoms with E-state index < -0.39 is 10.0 Å². The summed E-state index contributed by atoms with van der Waals surface area (Å²) < 4.78 is 29.5. The summed E-state index contributed by atoms with van der Waals surface area (Å²) in [7, 11) is 0.724. The highest BCUT2D eigenvalue weighted by Crippen LogP contribution is 2.37. The molecule has 0 atom stereocenters. The number of hydrogen-bond acceptors (Lipinski definition) is 6. The molecule has 9 nitrogen and oxygen atoms in total. The maximum Gasteiger partial charge on any atom is 0.214 e. The molecule has 31 heavy (non-hydrogen) atoms. The summed E-state index contributed by atoms with van der Waals surface area (Å²) in [6.45, 7) is 1.18. The monoisotopic (exact) mass is 443 g/mol. The second kappa shape index (κ2) is 7.90. The van der Waals surface area contributed by atoms with Gasteiger partial charge in [-0.2, -0.15) is 5.10 Å². The van der Waals surface area contributed by atoms with Gasteiger partial charge in [-0.3, -0.25) is 4.68 Å². The molecule has 1 saturated heterocycles. The van der Waals surface area contributed by atoms with E-state index in [-0.39, 0.29) is 11.7 Å². The SMILES string of the molecule is CN(c1ncnc2[nH]ccc12)C1CC(CS(=O)(=O)N2CCC(c3ccn(C)n3)CC2)C1. The predicted molar refractivity (Wildman–Crippen MR) is 119 cm³/mol. The zero-order valence-electron chi connectivity index (χ0n) is 18.0. The van der Waals surface area contributed by atoms with Gasteiger partial charge in [0.15, 0.2) is 0 Å². The van der Waals surface area contributed by atoms with Crippen molar-refractivity contribution in [1.29, 1.82) is 0 Å². The third kappa shape index (κ3) is 3.94. The van der Waals surface area contributed by atoms with Crippen molar-refractivity contribution in [2.45, 2.75) is 37.6 Å². The number of H-pyrrole nitrogens is 1. The van der Waals surface area contributed by atoms with Gasteiger partial charge in [-0.15, -0.1) is 0 Å². The van der Waals surface area contributed by atoms with Crippen molar-refractivity contribution in [2.75, 3.05) is 30.8 Å². The van der Waals surface area contributed by atoms with E-state index >= 15 is 0 Å². The van der Waals surface area contributed by atoms with Crippen LogP contribution in [0.25, 0.3) is 11.0 Å². The largest absolute Gasteiger partial charge is 0.356 e. The first-order valence-corrected chi connectivity index (χ1v) is 12.5. The quantitative estimate of drug-likeness (QED) is 0.626. The van der Waals surface area contributed by atoms with Crippen LogP contribution in [-0.4, -0.2) is 69.4 Å². The van der Waals surface area contributed by atoms with Gasteiger partial charge in [0, 0.05) is 51.5 Å². The van der Waals surface area contributed by atoms with Crippen LogP contribution in [0, 0.1) is 5.92 Å². The minimum Gasteiger partial charge on any atom is -0.356 e. The molecule has 1 aliphatic heterocycles. The highest BCUT2D eigenvalue weighted by Gasteiger charge is 2.38. The number of sulfonamides is 1. The van der Waals surface area contributed by atoms with Crippen molar-refractivity contribution >= 4 is 26.9 Å². The molecule has 0 bridgehead atoms. The lowest BCUT2D eigenvalue weighted by molar-refractivity contribution is 0.270. The highest BCUT2D eigenvalue weighted by atomic mass is 32.2. The van der Waals surface area contributed by atoms with Gasteiger partial charge in [0.25, 0.3) is 0 Å². The summed E-state index contributed by atoms with van der Waals surface area (Å²) in [6, 6.07) is 4.33. The minimum atomic E-state index is -3.22. The maximum atomic E-state index is 13.0. The fraction of sp³-hybridized carbons (Fsp3) is 0.571. The summed E-state index contributed by atoms with van der Waals surface area (Å²) in [5.41, 5.74) is 1.90.